The standard InChI is InChI=1S/C12H12FNO4/c13-10-2-1-8(12(16)17)5-9(10)6-14-3-4-18-7-11(14)15/h1-2,5H,3-4,6-7H2,(H,16,17). The Labute approximate surface area is 103 Å². The molecular formula is C12H12FNO4. The summed E-state index contributed by atoms with van der Waals surface area (Å²) in [5.74, 6) is -1.86. The number of amides is 1. The van der Waals surface area contributed by atoms with Crippen molar-refractivity contribution >= 4 is 11.9 Å². The molecule has 0 radical (unpaired) electrons. The number of carboxylic acid groups (broad SMARTS) is 1. The van der Waals surface area contributed by atoms with E-state index in [0.29, 0.717) is 13.2 Å². The lowest BCUT2D eigenvalue weighted by molar-refractivity contribution is -0.143. The van der Waals surface area contributed by atoms with E-state index in [-0.39, 0.29) is 30.2 Å². The van der Waals surface area contributed by atoms with E-state index in [4.69, 9.17) is 9.84 Å². The minimum Gasteiger partial charge on any atom is -0.478 e. The van der Waals surface area contributed by atoms with E-state index in [1.807, 2.05) is 0 Å². The minimum absolute atomic E-state index is 0.00658. The molecule has 1 heterocycles. The lowest BCUT2D eigenvalue weighted by atomic mass is 10.1. The summed E-state index contributed by atoms with van der Waals surface area (Å²) in [5.41, 5.74) is 0.206. The van der Waals surface area contributed by atoms with Gasteiger partial charge in [-0.05, 0) is 18.2 Å². The van der Waals surface area contributed by atoms with Gasteiger partial charge in [0.15, 0.2) is 0 Å². The summed E-state index contributed by atoms with van der Waals surface area (Å²) >= 11 is 0. The molecule has 2 rings (SSSR count). The summed E-state index contributed by atoms with van der Waals surface area (Å²) in [4.78, 5) is 23.7. The number of hydrogen-bond acceptors (Lipinski definition) is 3. The maximum Gasteiger partial charge on any atom is 0.335 e. The topological polar surface area (TPSA) is 66.8 Å². The summed E-state index contributed by atoms with van der Waals surface area (Å²) in [6.45, 7) is 0.844. The van der Waals surface area contributed by atoms with Crippen LogP contribution >= 0.6 is 0 Å². The molecule has 96 valence electrons. The molecule has 1 aliphatic rings. The summed E-state index contributed by atoms with van der Waals surface area (Å²) in [7, 11) is 0. The first-order chi connectivity index (χ1) is 8.58. The minimum atomic E-state index is -1.12. The van der Waals surface area contributed by atoms with Crippen molar-refractivity contribution in [2.75, 3.05) is 19.8 Å². The van der Waals surface area contributed by atoms with Crippen molar-refractivity contribution in [2.45, 2.75) is 6.54 Å². The van der Waals surface area contributed by atoms with Crippen LogP contribution in [0, 0.1) is 5.82 Å². The predicted molar refractivity (Wildman–Crippen MR) is 59.6 cm³/mol. The zero-order valence-electron chi connectivity index (χ0n) is 9.56. The number of ether oxygens (including phenoxy) is 1. The second-order valence-electron chi connectivity index (χ2n) is 3.98. The van der Waals surface area contributed by atoms with Gasteiger partial charge in [0.25, 0.3) is 0 Å². The van der Waals surface area contributed by atoms with E-state index < -0.39 is 11.8 Å². The van der Waals surface area contributed by atoms with E-state index in [0.717, 1.165) is 6.07 Å². The summed E-state index contributed by atoms with van der Waals surface area (Å²) in [5, 5.41) is 8.84. The van der Waals surface area contributed by atoms with Crippen LogP contribution in [0.15, 0.2) is 18.2 Å². The third-order valence-electron chi connectivity index (χ3n) is 2.74. The van der Waals surface area contributed by atoms with Crippen LogP contribution < -0.4 is 0 Å². The molecule has 0 aliphatic carbocycles. The van der Waals surface area contributed by atoms with E-state index in [1.165, 1.54) is 17.0 Å². The first-order valence-corrected chi connectivity index (χ1v) is 5.45. The van der Waals surface area contributed by atoms with Crippen LogP contribution in [0.1, 0.15) is 15.9 Å². The van der Waals surface area contributed by atoms with Gasteiger partial charge >= 0.3 is 5.97 Å². The number of halogens is 1. The Morgan fingerprint density at radius 1 is 1.50 bits per heavy atom. The molecule has 1 aliphatic heterocycles. The van der Waals surface area contributed by atoms with Crippen LogP contribution in [0.25, 0.3) is 0 Å². The Hall–Kier alpha value is -1.95. The molecule has 0 bridgehead atoms. The highest BCUT2D eigenvalue weighted by Crippen LogP contribution is 2.14. The number of carbonyl (C=O) groups is 2. The molecule has 1 N–H and O–H groups in total. The fourth-order valence-electron chi connectivity index (χ4n) is 1.75. The molecule has 1 amide bonds. The highest BCUT2D eigenvalue weighted by Gasteiger charge is 2.20. The fourth-order valence-corrected chi connectivity index (χ4v) is 1.75. The van der Waals surface area contributed by atoms with E-state index in [9.17, 15) is 14.0 Å². The van der Waals surface area contributed by atoms with Crippen LogP contribution in [0.3, 0.4) is 0 Å². The molecule has 6 heteroatoms. The van der Waals surface area contributed by atoms with Gasteiger partial charge in [-0.3, -0.25) is 4.79 Å². The molecule has 1 saturated heterocycles. The Balaban J connectivity index is 2.19. The number of hydrogen-bond donors (Lipinski definition) is 1. The zero-order valence-corrected chi connectivity index (χ0v) is 9.56. The van der Waals surface area contributed by atoms with Gasteiger partial charge in [0.1, 0.15) is 12.4 Å². The number of carbonyl (C=O) groups excluding carboxylic acids is 1. The highest BCUT2D eigenvalue weighted by atomic mass is 19.1. The van der Waals surface area contributed by atoms with Gasteiger partial charge in [-0.25, -0.2) is 9.18 Å². The zero-order chi connectivity index (χ0) is 13.1. The largest absolute Gasteiger partial charge is 0.478 e. The summed E-state index contributed by atoms with van der Waals surface area (Å²) in [6, 6.07) is 3.55. The second kappa shape index (κ2) is 5.14. The molecule has 0 aromatic heterocycles. The third-order valence-corrected chi connectivity index (χ3v) is 2.74. The van der Waals surface area contributed by atoms with Crippen molar-refractivity contribution in [3.8, 4) is 0 Å². The molecule has 1 aromatic rings. The lowest BCUT2D eigenvalue weighted by Gasteiger charge is -2.27. The van der Waals surface area contributed by atoms with Crippen molar-refractivity contribution in [1.82, 2.24) is 4.90 Å². The number of benzene rings is 1. The van der Waals surface area contributed by atoms with Gasteiger partial charge in [0.05, 0.1) is 12.2 Å². The monoisotopic (exact) mass is 253 g/mol. The Morgan fingerprint density at radius 3 is 2.94 bits per heavy atom. The van der Waals surface area contributed by atoms with Crippen molar-refractivity contribution in [1.29, 1.82) is 0 Å². The first kappa shape index (κ1) is 12.5. The Kier molecular flexibility index (Phi) is 3.57. The molecule has 1 fully saturated rings. The molecule has 0 unspecified atom stereocenters. The van der Waals surface area contributed by atoms with Crippen molar-refractivity contribution in [3.63, 3.8) is 0 Å². The van der Waals surface area contributed by atoms with Gasteiger partial charge in [-0.2, -0.15) is 0 Å². The SMILES string of the molecule is O=C(O)c1ccc(F)c(CN2CCOCC2=O)c1. The van der Waals surface area contributed by atoms with Crippen LogP contribution in [0.2, 0.25) is 0 Å². The van der Waals surface area contributed by atoms with Gasteiger partial charge < -0.3 is 14.7 Å². The van der Waals surface area contributed by atoms with Gasteiger partial charge in [-0.15, -0.1) is 0 Å². The normalized spacial score (nSPS) is 15.8. The number of rotatable bonds is 3. The highest BCUT2D eigenvalue weighted by molar-refractivity contribution is 5.87. The third kappa shape index (κ3) is 2.65. The summed E-state index contributed by atoms with van der Waals surface area (Å²) in [6.07, 6.45) is 0. The maximum atomic E-state index is 13.6. The number of aromatic carboxylic acids is 1. The maximum absolute atomic E-state index is 13.6. The quantitative estimate of drug-likeness (QED) is 0.868. The van der Waals surface area contributed by atoms with E-state index in [2.05, 4.69) is 0 Å². The average Bonchev–Trinajstić information content (AvgIpc) is 2.34. The molecule has 1 aromatic carbocycles. The Bertz CT molecular complexity index is 489. The average molecular weight is 253 g/mol. The number of carboxylic acids is 1. The van der Waals surface area contributed by atoms with Gasteiger partial charge in [0, 0.05) is 18.7 Å². The molecular weight excluding hydrogens is 241 g/mol. The molecule has 18 heavy (non-hydrogen) atoms. The van der Waals surface area contributed by atoms with Crippen LogP contribution in [-0.2, 0) is 16.1 Å². The van der Waals surface area contributed by atoms with E-state index >= 15 is 0 Å². The van der Waals surface area contributed by atoms with Crippen molar-refractivity contribution in [3.05, 3.63) is 35.1 Å². The Morgan fingerprint density at radius 2 is 2.28 bits per heavy atom. The van der Waals surface area contributed by atoms with Crippen LogP contribution in [-0.4, -0.2) is 41.6 Å². The number of nitrogens with zero attached hydrogens (tertiary/aromatic N) is 1. The predicted octanol–water partition coefficient (Wildman–Crippen LogP) is 0.883. The van der Waals surface area contributed by atoms with Gasteiger partial charge in [0.2, 0.25) is 5.91 Å². The van der Waals surface area contributed by atoms with Crippen molar-refractivity contribution < 1.29 is 23.8 Å². The first-order valence-electron chi connectivity index (χ1n) is 5.45. The lowest BCUT2D eigenvalue weighted by Crippen LogP contribution is -2.41. The van der Waals surface area contributed by atoms with Crippen molar-refractivity contribution in [2.24, 2.45) is 0 Å². The summed E-state index contributed by atoms with van der Waals surface area (Å²) < 4.78 is 18.5. The number of morpholine rings is 1. The van der Waals surface area contributed by atoms with Gasteiger partial charge in [-0.1, -0.05) is 0 Å². The molecule has 0 spiro atoms. The second-order valence-corrected chi connectivity index (χ2v) is 3.98. The molecule has 5 nitrogen and oxygen atoms in total. The fraction of sp³-hybridized carbons (Fsp3) is 0.333. The van der Waals surface area contributed by atoms with Crippen LogP contribution in [0.4, 0.5) is 4.39 Å². The smallest absolute Gasteiger partial charge is 0.335 e. The molecule has 0 saturated carbocycles. The van der Waals surface area contributed by atoms with Crippen LogP contribution in [0.5, 0.6) is 0 Å². The van der Waals surface area contributed by atoms with E-state index in [1.54, 1.807) is 0 Å². The molecule has 0 atom stereocenters.